The lowest BCUT2D eigenvalue weighted by molar-refractivity contribution is -0.131. The Bertz CT molecular complexity index is 418. The third-order valence-electron chi connectivity index (χ3n) is 1.89. The molecule has 1 rings (SSSR count). The molecule has 3 nitrogen and oxygen atoms in total. The van der Waals surface area contributed by atoms with Crippen LogP contribution in [0, 0.1) is 0 Å². The van der Waals surface area contributed by atoms with Gasteiger partial charge in [-0.25, -0.2) is 4.79 Å². The van der Waals surface area contributed by atoms with E-state index in [1.54, 1.807) is 0 Å². The van der Waals surface area contributed by atoms with Gasteiger partial charge in [0.15, 0.2) is 0 Å². The average molecular weight is 364 g/mol. The van der Waals surface area contributed by atoms with Crippen LogP contribution in [0.3, 0.4) is 0 Å². The van der Waals surface area contributed by atoms with Crippen LogP contribution in [-0.2, 0) is 4.79 Å². The molecule has 0 aliphatic carbocycles. The number of hydrogen-bond acceptors (Lipinski definition) is 2. The lowest BCUT2D eigenvalue weighted by Crippen LogP contribution is -1.97. The minimum atomic E-state index is -0.969. The second-order valence-electron chi connectivity index (χ2n) is 3.33. The number of carboxylic acids is 1. The van der Waals surface area contributed by atoms with E-state index < -0.39 is 5.97 Å². The molecule has 1 aromatic carbocycles. The van der Waals surface area contributed by atoms with Gasteiger partial charge >= 0.3 is 5.97 Å². The number of ether oxygens (including phenoxy) is 1. The third kappa shape index (κ3) is 4.52. The van der Waals surface area contributed by atoms with Crippen molar-refractivity contribution in [3.63, 3.8) is 0 Å². The molecule has 5 heteroatoms. The van der Waals surface area contributed by atoms with E-state index in [9.17, 15) is 4.79 Å². The van der Waals surface area contributed by atoms with Gasteiger partial charge in [0, 0.05) is 6.08 Å². The summed E-state index contributed by atoms with van der Waals surface area (Å²) >= 11 is 6.80. The summed E-state index contributed by atoms with van der Waals surface area (Å²) in [7, 11) is 0. The Kier molecular flexibility index (Phi) is 5.71. The molecule has 0 aromatic heterocycles. The van der Waals surface area contributed by atoms with Crippen LogP contribution in [0.2, 0.25) is 0 Å². The van der Waals surface area contributed by atoms with E-state index in [2.05, 4.69) is 31.9 Å². The summed E-state index contributed by atoms with van der Waals surface area (Å²) in [5.74, 6) is -0.233. The predicted octanol–water partition coefficient (Wildman–Crippen LogP) is 4.10. The van der Waals surface area contributed by atoms with Crippen LogP contribution < -0.4 is 4.74 Å². The Morgan fingerprint density at radius 3 is 2.47 bits per heavy atom. The maximum absolute atomic E-state index is 10.4. The number of aliphatic carboxylic acids is 1. The summed E-state index contributed by atoms with van der Waals surface area (Å²) in [5, 5.41) is 8.55. The summed E-state index contributed by atoms with van der Waals surface area (Å²) in [4.78, 5) is 10.4. The Morgan fingerprint density at radius 1 is 1.41 bits per heavy atom. The van der Waals surface area contributed by atoms with Gasteiger partial charge in [-0.2, -0.15) is 0 Å². The highest BCUT2D eigenvalue weighted by atomic mass is 79.9. The van der Waals surface area contributed by atoms with E-state index in [4.69, 9.17) is 9.84 Å². The van der Waals surface area contributed by atoms with Crippen LogP contribution in [-0.4, -0.2) is 17.7 Å². The van der Waals surface area contributed by atoms with E-state index in [1.165, 1.54) is 6.08 Å². The molecule has 0 bridgehead atoms. The van der Waals surface area contributed by atoms with E-state index in [-0.39, 0.29) is 0 Å². The molecule has 0 aliphatic rings. The molecule has 92 valence electrons. The minimum absolute atomic E-state index is 0.640. The van der Waals surface area contributed by atoms with Crippen molar-refractivity contribution >= 4 is 43.9 Å². The monoisotopic (exact) mass is 362 g/mol. The molecule has 0 saturated heterocycles. The van der Waals surface area contributed by atoms with Crippen LogP contribution in [0.4, 0.5) is 0 Å². The molecule has 0 atom stereocenters. The summed E-state index contributed by atoms with van der Waals surface area (Å²) in [5.41, 5.74) is 0.787. The second kappa shape index (κ2) is 6.81. The summed E-state index contributed by atoms with van der Waals surface area (Å²) in [6, 6.07) is 3.63. The SMILES string of the molecule is CCCOc1c(Br)cc(/C=C/C(=O)O)cc1Br. The van der Waals surface area contributed by atoms with E-state index in [0.29, 0.717) is 6.61 Å². The number of hydrogen-bond donors (Lipinski definition) is 1. The smallest absolute Gasteiger partial charge is 0.328 e. The fraction of sp³-hybridized carbons (Fsp3) is 0.250. The summed E-state index contributed by atoms with van der Waals surface area (Å²) in [6.45, 7) is 2.67. The fourth-order valence-electron chi connectivity index (χ4n) is 1.19. The Labute approximate surface area is 117 Å². The maximum atomic E-state index is 10.4. The zero-order chi connectivity index (χ0) is 12.8. The molecule has 0 heterocycles. The average Bonchev–Trinajstić information content (AvgIpc) is 2.25. The third-order valence-corrected chi connectivity index (χ3v) is 3.07. The molecule has 0 amide bonds. The van der Waals surface area contributed by atoms with Gasteiger partial charge in [-0.1, -0.05) is 6.92 Å². The Balaban J connectivity index is 2.96. The Hall–Kier alpha value is -0.810. The molecule has 1 N–H and O–H groups in total. The van der Waals surface area contributed by atoms with Crippen LogP contribution >= 0.6 is 31.9 Å². The van der Waals surface area contributed by atoms with Crippen LogP contribution in [0.25, 0.3) is 6.08 Å². The van der Waals surface area contributed by atoms with Gasteiger partial charge in [-0.15, -0.1) is 0 Å². The lowest BCUT2D eigenvalue weighted by Gasteiger charge is -2.10. The van der Waals surface area contributed by atoms with Crippen molar-refractivity contribution in [1.82, 2.24) is 0 Å². The standard InChI is InChI=1S/C12H12Br2O3/c1-2-5-17-12-9(13)6-8(7-10(12)14)3-4-11(15)16/h3-4,6-7H,2,5H2,1H3,(H,15,16)/b4-3+. The van der Waals surface area contributed by atoms with Gasteiger partial charge in [0.25, 0.3) is 0 Å². The molecule has 0 spiro atoms. The number of rotatable bonds is 5. The predicted molar refractivity (Wildman–Crippen MR) is 74.3 cm³/mol. The maximum Gasteiger partial charge on any atom is 0.328 e. The molecular weight excluding hydrogens is 352 g/mol. The van der Waals surface area contributed by atoms with Crippen molar-refractivity contribution < 1.29 is 14.6 Å². The molecule has 0 radical (unpaired) electrons. The molecule has 0 fully saturated rings. The first-order chi connectivity index (χ1) is 8.04. The molecule has 17 heavy (non-hydrogen) atoms. The first-order valence-corrected chi connectivity index (χ1v) is 6.66. The topological polar surface area (TPSA) is 46.5 Å². The van der Waals surface area contributed by atoms with E-state index in [0.717, 1.165) is 32.8 Å². The zero-order valence-corrected chi connectivity index (χ0v) is 12.4. The van der Waals surface area contributed by atoms with E-state index >= 15 is 0 Å². The molecule has 0 unspecified atom stereocenters. The van der Waals surface area contributed by atoms with Gasteiger partial charge in [-0.05, 0) is 62.1 Å². The summed E-state index contributed by atoms with van der Waals surface area (Å²) in [6.07, 6.45) is 3.56. The molecular formula is C12H12Br2O3. The number of halogens is 2. The Morgan fingerprint density at radius 2 is 2.00 bits per heavy atom. The zero-order valence-electron chi connectivity index (χ0n) is 9.24. The van der Waals surface area contributed by atoms with Crippen LogP contribution in [0.5, 0.6) is 5.75 Å². The number of carbonyl (C=O) groups is 1. The highest BCUT2D eigenvalue weighted by molar-refractivity contribution is 9.11. The first-order valence-electron chi connectivity index (χ1n) is 5.07. The van der Waals surface area contributed by atoms with Gasteiger partial charge in [0.1, 0.15) is 5.75 Å². The molecule has 0 saturated carbocycles. The first kappa shape index (κ1) is 14.3. The number of benzene rings is 1. The lowest BCUT2D eigenvalue weighted by atomic mass is 10.2. The highest BCUT2D eigenvalue weighted by Crippen LogP contribution is 2.35. The van der Waals surface area contributed by atoms with Gasteiger partial charge in [-0.3, -0.25) is 0 Å². The van der Waals surface area contributed by atoms with Crippen molar-refractivity contribution in [3.8, 4) is 5.75 Å². The van der Waals surface area contributed by atoms with Crippen LogP contribution in [0.15, 0.2) is 27.2 Å². The number of carboxylic acid groups (broad SMARTS) is 1. The van der Waals surface area contributed by atoms with E-state index in [1.807, 2.05) is 19.1 Å². The van der Waals surface area contributed by atoms with Gasteiger partial charge in [0.05, 0.1) is 15.6 Å². The second-order valence-corrected chi connectivity index (χ2v) is 5.04. The van der Waals surface area contributed by atoms with Crippen molar-refractivity contribution in [2.75, 3.05) is 6.61 Å². The molecule has 0 aliphatic heterocycles. The fourth-order valence-corrected chi connectivity index (χ4v) is 2.64. The largest absolute Gasteiger partial charge is 0.491 e. The van der Waals surface area contributed by atoms with Gasteiger partial charge in [0.2, 0.25) is 0 Å². The minimum Gasteiger partial charge on any atom is -0.491 e. The normalized spacial score (nSPS) is 10.8. The van der Waals surface area contributed by atoms with Crippen molar-refractivity contribution in [2.24, 2.45) is 0 Å². The van der Waals surface area contributed by atoms with Crippen LogP contribution in [0.1, 0.15) is 18.9 Å². The molecule has 1 aromatic rings. The van der Waals surface area contributed by atoms with Gasteiger partial charge < -0.3 is 9.84 Å². The van der Waals surface area contributed by atoms with Crippen molar-refractivity contribution in [2.45, 2.75) is 13.3 Å². The quantitative estimate of drug-likeness (QED) is 0.801. The van der Waals surface area contributed by atoms with Crippen molar-refractivity contribution in [3.05, 3.63) is 32.7 Å². The highest BCUT2D eigenvalue weighted by Gasteiger charge is 2.07. The summed E-state index contributed by atoms with van der Waals surface area (Å²) < 4.78 is 7.16. The van der Waals surface area contributed by atoms with Crippen molar-refractivity contribution in [1.29, 1.82) is 0 Å².